The monoisotopic (exact) mass is 472 g/mol. The smallest absolute Gasteiger partial charge is 0.324 e. The fraction of sp³-hybridized carbons (Fsp3) is 0.273. The Hall–Kier alpha value is -3.22. The van der Waals surface area contributed by atoms with Gasteiger partial charge in [0.2, 0.25) is 0 Å². The molecular formula is C22H18ClFN4O3S. The maximum absolute atomic E-state index is 13.8. The summed E-state index contributed by atoms with van der Waals surface area (Å²) in [7, 11) is 0. The third-order valence-electron chi connectivity index (χ3n) is 5.62. The molecule has 1 aliphatic heterocycles. The predicted octanol–water partition coefficient (Wildman–Crippen LogP) is 5.39. The van der Waals surface area contributed by atoms with Gasteiger partial charge in [0.1, 0.15) is 11.6 Å². The number of ketones is 1. The summed E-state index contributed by atoms with van der Waals surface area (Å²) in [4.78, 5) is 26.2. The van der Waals surface area contributed by atoms with Crippen LogP contribution in [0.1, 0.15) is 37.5 Å². The highest BCUT2D eigenvalue weighted by Crippen LogP contribution is 2.51. The van der Waals surface area contributed by atoms with E-state index in [0.29, 0.717) is 28.3 Å². The van der Waals surface area contributed by atoms with Crippen LogP contribution in [0.4, 0.5) is 15.1 Å². The van der Waals surface area contributed by atoms with Gasteiger partial charge in [-0.2, -0.15) is 5.26 Å². The number of halogens is 2. The second-order valence-corrected chi connectivity index (χ2v) is 10.0. The summed E-state index contributed by atoms with van der Waals surface area (Å²) >= 11 is 6.91. The number of nitro groups is 1. The Balaban J connectivity index is 1.99. The standard InChI is InChI=1S/C22H18ClFN4O3S/c1-22(2)8-15-20(16(29)9-22)19(17-5-6-18(32-17)28(30)31)12(10-25)21(26)27(15)11-3-4-14(24)13(23)7-11/h3-7,19H,8-9,26H2,1-2H3. The molecule has 0 spiro atoms. The fourth-order valence-electron chi connectivity index (χ4n) is 4.31. The molecule has 32 heavy (non-hydrogen) atoms. The first-order valence-electron chi connectivity index (χ1n) is 9.69. The summed E-state index contributed by atoms with van der Waals surface area (Å²) in [5.41, 5.74) is 7.58. The van der Waals surface area contributed by atoms with E-state index in [1.165, 1.54) is 24.3 Å². The highest BCUT2D eigenvalue weighted by atomic mass is 35.5. The summed E-state index contributed by atoms with van der Waals surface area (Å²) in [5.74, 6) is -1.48. The molecule has 2 heterocycles. The van der Waals surface area contributed by atoms with Gasteiger partial charge in [-0.05, 0) is 36.1 Å². The normalized spacial score (nSPS) is 20.3. The van der Waals surface area contributed by atoms with Crippen molar-refractivity contribution in [2.75, 3.05) is 4.90 Å². The SMILES string of the molecule is CC1(C)CC(=O)C2=C(C1)N(c1ccc(F)c(Cl)c1)C(N)=C(C#N)C2c1ccc([N+](=O)[O-])s1. The number of nitrogens with zero attached hydrogens (tertiary/aromatic N) is 3. The van der Waals surface area contributed by atoms with Crippen molar-refractivity contribution < 1.29 is 14.1 Å². The molecule has 2 aliphatic rings. The quantitative estimate of drug-likeness (QED) is 0.473. The lowest BCUT2D eigenvalue weighted by Crippen LogP contribution is -2.42. The van der Waals surface area contributed by atoms with E-state index >= 15 is 0 Å². The van der Waals surface area contributed by atoms with Crippen LogP contribution in [0.3, 0.4) is 0 Å². The van der Waals surface area contributed by atoms with Crippen LogP contribution in [-0.2, 0) is 4.79 Å². The second-order valence-electron chi connectivity index (χ2n) is 8.51. The molecule has 10 heteroatoms. The van der Waals surface area contributed by atoms with Gasteiger partial charge in [0, 0.05) is 34.3 Å². The van der Waals surface area contributed by atoms with Crippen LogP contribution in [0, 0.1) is 32.7 Å². The van der Waals surface area contributed by atoms with Gasteiger partial charge in [0.25, 0.3) is 0 Å². The first kappa shape index (κ1) is 22.0. The summed E-state index contributed by atoms with van der Waals surface area (Å²) in [6, 6.07) is 9.08. The first-order chi connectivity index (χ1) is 15.0. The summed E-state index contributed by atoms with van der Waals surface area (Å²) < 4.78 is 13.8. The van der Waals surface area contributed by atoms with Gasteiger partial charge in [0.05, 0.1) is 27.5 Å². The van der Waals surface area contributed by atoms with Crippen molar-refractivity contribution in [2.45, 2.75) is 32.6 Å². The van der Waals surface area contributed by atoms with Crippen molar-refractivity contribution in [2.24, 2.45) is 11.1 Å². The Morgan fingerprint density at radius 1 is 1.34 bits per heavy atom. The first-order valence-corrected chi connectivity index (χ1v) is 10.9. The molecule has 2 aromatic rings. The van der Waals surface area contributed by atoms with Crippen LogP contribution in [0.5, 0.6) is 0 Å². The summed E-state index contributed by atoms with van der Waals surface area (Å²) in [6.07, 6.45) is 0.721. The molecule has 0 bridgehead atoms. The Morgan fingerprint density at radius 3 is 2.66 bits per heavy atom. The molecule has 1 unspecified atom stereocenters. The average molecular weight is 473 g/mol. The number of carbonyl (C=O) groups is 1. The number of nitrogens with two attached hydrogens (primary N) is 1. The van der Waals surface area contributed by atoms with Crippen molar-refractivity contribution in [3.05, 3.63) is 78.8 Å². The predicted molar refractivity (Wildman–Crippen MR) is 119 cm³/mol. The highest BCUT2D eigenvalue weighted by Gasteiger charge is 2.45. The minimum absolute atomic E-state index is 0.0838. The van der Waals surface area contributed by atoms with E-state index in [2.05, 4.69) is 6.07 Å². The molecule has 0 saturated carbocycles. The minimum Gasteiger partial charge on any atom is -0.384 e. The van der Waals surface area contributed by atoms with Gasteiger partial charge >= 0.3 is 5.00 Å². The van der Waals surface area contributed by atoms with Crippen LogP contribution in [0.15, 0.2) is 53.0 Å². The molecule has 1 atom stereocenters. The molecule has 164 valence electrons. The zero-order valence-corrected chi connectivity index (χ0v) is 18.8. The maximum Gasteiger partial charge on any atom is 0.324 e. The number of anilines is 1. The third-order valence-corrected chi connectivity index (χ3v) is 7.01. The van der Waals surface area contributed by atoms with Crippen molar-refractivity contribution >= 4 is 39.4 Å². The van der Waals surface area contributed by atoms with Gasteiger partial charge in [-0.25, -0.2) is 4.39 Å². The molecule has 0 saturated heterocycles. The molecule has 1 aromatic carbocycles. The number of carbonyl (C=O) groups excluding carboxylic acids is 1. The van der Waals surface area contributed by atoms with Crippen LogP contribution in [0.25, 0.3) is 0 Å². The van der Waals surface area contributed by atoms with Crippen LogP contribution >= 0.6 is 22.9 Å². The molecular weight excluding hydrogens is 455 g/mol. The molecule has 2 N–H and O–H groups in total. The van der Waals surface area contributed by atoms with Crippen LogP contribution < -0.4 is 10.6 Å². The van der Waals surface area contributed by atoms with Crippen molar-refractivity contribution in [3.63, 3.8) is 0 Å². The van der Waals surface area contributed by atoms with E-state index in [1.807, 2.05) is 13.8 Å². The van der Waals surface area contributed by atoms with E-state index in [-0.39, 0.29) is 39.0 Å². The Labute approximate surface area is 192 Å². The lowest BCUT2D eigenvalue weighted by Gasteiger charge is -2.43. The topological polar surface area (TPSA) is 113 Å². The second kappa shape index (κ2) is 7.73. The van der Waals surface area contributed by atoms with Gasteiger partial charge in [-0.15, -0.1) is 0 Å². The fourth-order valence-corrected chi connectivity index (χ4v) is 5.42. The number of rotatable bonds is 3. The lowest BCUT2D eigenvalue weighted by molar-refractivity contribution is -0.380. The number of hydrogen-bond donors (Lipinski definition) is 1. The third kappa shape index (κ3) is 3.55. The van der Waals surface area contributed by atoms with Gasteiger partial charge < -0.3 is 5.73 Å². The van der Waals surface area contributed by atoms with Crippen LogP contribution in [-0.4, -0.2) is 10.7 Å². The number of Topliss-reactive ketones (excluding diaryl/α,β-unsaturated/α-hetero) is 1. The van der Waals surface area contributed by atoms with E-state index in [4.69, 9.17) is 17.3 Å². The minimum atomic E-state index is -0.801. The molecule has 0 amide bonds. The van der Waals surface area contributed by atoms with Gasteiger partial charge in [-0.3, -0.25) is 19.8 Å². The number of allylic oxidation sites excluding steroid dienone is 3. The van der Waals surface area contributed by atoms with Gasteiger partial charge in [-0.1, -0.05) is 36.8 Å². The van der Waals surface area contributed by atoms with Crippen molar-refractivity contribution in [3.8, 4) is 6.07 Å². The number of benzene rings is 1. The van der Waals surface area contributed by atoms with E-state index in [0.717, 1.165) is 11.3 Å². The van der Waals surface area contributed by atoms with E-state index in [9.17, 15) is 24.6 Å². The number of hydrogen-bond acceptors (Lipinski definition) is 7. The van der Waals surface area contributed by atoms with Crippen LogP contribution in [0.2, 0.25) is 5.02 Å². The number of thiophene rings is 1. The highest BCUT2D eigenvalue weighted by molar-refractivity contribution is 7.15. The van der Waals surface area contributed by atoms with E-state index in [1.54, 1.807) is 11.0 Å². The molecule has 1 aliphatic carbocycles. The molecule has 7 nitrogen and oxygen atoms in total. The van der Waals surface area contributed by atoms with Crippen molar-refractivity contribution in [1.82, 2.24) is 0 Å². The van der Waals surface area contributed by atoms with E-state index < -0.39 is 16.7 Å². The molecule has 0 radical (unpaired) electrons. The molecule has 4 rings (SSSR count). The number of nitriles is 1. The Kier molecular flexibility index (Phi) is 5.31. The van der Waals surface area contributed by atoms with Gasteiger partial charge in [0.15, 0.2) is 5.78 Å². The lowest BCUT2D eigenvalue weighted by atomic mass is 9.69. The zero-order valence-electron chi connectivity index (χ0n) is 17.2. The zero-order chi connectivity index (χ0) is 23.4. The van der Waals surface area contributed by atoms with Crippen molar-refractivity contribution in [1.29, 1.82) is 5.26 Å². The Bertz CT molecular complexity index is 1270. The maximum atomic E-state index is 13.8. The summed E-state index contributed by atoms with van der Waals surface area (Å²) in [5, 5.41) is 21.0. The molecule has 1 aromatic heterocycles. The largest absolute Gasteiger partial charge is 0.384 e. The summed E-state index contributed by atoms with van der Waals surface area (Å²) in [6.45, 7) is 3.91. The Morgan fingerprint density at radius 2 is 2.06 bits per heavy atom. The average Bonchev–Trinajstić information content (AvgIpc) is 3.19. The molecule has 0 fully saturated rings.